The Bertz CT molecular complexity index is 932. The van der Waals surface area contributed by atoms with Crippen molar-refractivity contribution in [2.24, 2.45) is 11.8 Å². The molecule has 0 unspecified atom stereocenters. The number of hydrogen-bond acceptors (Lipinski definition) is 3. The second kappa shape index (κ2) is 8.88. The highest BCUT2D eigenvalue weighted by Crippen LogP contribution is 2.33. The SMILES string of the molecule is O=C1CN(C(=O)c2ccccc2)C[C@H]2C[C@H](C(=O)NCc3ccc(Cl)cc3)C[C@H]2N1. The van der Waals surface area contributed by atoms with Gasteiger partial charge in [0.05, 0.1) is 6.54 Å². The number of nitrogens with one attached hydrogen (secondary N) is 2. The van der Waals surface area contributed by atoms with Crippen LogP contribution in [0.1, 0.15) is 28.8 Å². The largest absolute Gasteiger partial charge is 0.352 e. The molecule has 2 N–H and O–H groups in total. The van der Waals surface area contributed by atoms with E-state index in [9.17, 15) is 14.4 Å². The van der Waals surface area contributed by atoms with Gasteiger partial charge in [0, 0.05) is 35.6 Å². The van der Waals surface area contributed by atoms with E-state index in [0.29, 0.717) is 36.5 Å². The first-order chi connectivity index (χ1) is 14.5. The van der Waals surface area contributed by atoms with Gasteiger partial charge in [0.1, 0.15) is 0 Å². The van der Waals surface area contributed by atoms with Gasteiger partial charge in [-0.05, 0) is 48.6 Å². The Labute approximate surface area is 180 Å². The summed E-state index contributed by atoms with van der Waals surface area (Å²) < 4.78 is 0. The van der Waals surface area contributed by atoms with Crippen LogP contribution in [-0.4, -0.2) is 41.8 Å². The molecule has 1 saturated heterocycles. The molecule has 30 heavy (non-hydrogen) atoms. The third-order valence-corrected chi connectivity index (χ3v) is 6.14. The zero-order valence-electron chi connectivity index (χ0n) is 16.5. The van der Waals surface area contributed by atoms with Crippen LogP contribution in [0.5, 0.6) is 0 Å². The van der Waals surface area contributed by atoms with Gasteiger partial charge < -0.3 is 15.5 Å². The van der Waals surface area contributed by atoms with E-state index in [1.165, 1.54) is 0 Å². The molecule has 2 aromatic carbocycles. The second-order valence-corrected chi connectivity index (χ2v) is 8.43. The third-order valence-electron chi connectivity index (χ3n) is 5.89. The van der Waals surface area contributed by atoms with Crippen LogP contribution in [0.15, 0.2) is 54.6 Å². The summed E-state index contributed by atoms with van der Waals surface area (Å²) in [6.45, 7) is 0.957. The number of benzene rings is 2. The van der Waals surface area contributed by atoms with Gasteiger partial charge in [-0.1, -0.05) is 41.9 Å². The average Bonchev–Trinajstić information content (AvgIpc) is 3.07. The lowest BCUT2D eigenvalue weighted by atomic mass is 10.0. The number of nitrogens with zero attached hydrogens (tertiary/aromatic N) is 1. The molecule has 1 heterocycles. The van der Waals surface area contributed by atoms with Crippen molar-refractivity contribution < 1.29 is 14.4 Å². The van der Waals surface area contributed by atoms with E-state index in [1.807, 2.05) is 30.3 Å². The first-order valence-electron chi connectivity index (χ1n) is 10.2. The molecule has 0 radical (unpaired) electrons. The van der Waals surface area contributed by atoms with E-state index in [-0.39, 0.29) is 42.1 Å². The lowest BCUT2D eigenvalue weighted by molar-refractivity contribution is -0.125. The smallest absolute Gasteiger partial charge is 0.254 e. The summed E-state index contributed by atoms with van der Waals surface area (Å²) in [7, 11) is 0. The van der Waals surface area contributed by atoms with Crippen LogP contribution in [0.25, 0.3) is 0 Å². The number of carbonyl (C=O) groups is 3. The molecule has 1 aliphatic carbocycles. The quantitative estimate of drug-likeness (QED) is 0.790. The van der Waals surface area contributed by atoms with E-state index >= 15 is 0 Å². The van der Waals surface area contributed by atoms with Crippen molar-refractivity contribution in [1.29, 1.82) is 0 Å². The summed E-state index contributed by atoms with van der Waals surface area (Å²) in [5.41, 5.74) is 1.55. The molecule has 7 heteroatoms. The van der Waals surface area contributed by atoms with Crippen LogP contribution >= 0.6 is 11.6 Å². The van der Waals surface area contributed by atoms with Crippen LogP contribution in [-0.2, 0) is 16.1 Å². The first kappa shape index (κ1) is 20.4. The van der Waals surface area contributed by atoms with Gasteiger partial charge in [0.25, 0.3) is 5.91 Å². The Morgan fingerprint density at radius 3 is 2.53 bits per heavy atom. The Hall–Kier alpha value is -2.86. The summed E-state index contributed by atoms with van der Waals surface area (Å²) >= 11 is 5.90. The van der Waals surface area contributed by atoms with Gasteiger partial charge in [0.15, 0.2) is 0 Å². The predicted octanol–water partition coefficient (Wildman–Crippen LogP) is 2.62. The average molecular weight is 426 g/mol. The van der Waals surface area contributed by atoms with Crippen LogP contribution in [0, 0.1) is 11.8 Å². The van der Waals surface area contributed by atoms with Crippen molar-refractivity contribution in [2.75, 3.05) is 13.1 Å². The van der Waals surface area contributed by atoms with Gasteiger partial charge in [-0.2, -0.15) is 0 Å². The molecule has 1 saturated carbocycles. The zero-order chi connectivity index (χ0) is 21.1. The molecule has 0 aromatic heterocycles. The minimum Gasteiger partial charge on any atom is -0.352 e. The lowest BCUT2D eigenvalue weighted by Crippen LogP contribution is -2.39. The van der Waals surface area contributed by atoms with E-state index in [2.05, 4.69) is 10.6 Å². The fourth-order valence-corrected chi connectivity index (χ4v) is 4.47. The number of carbonyl (C=O) groups excluding carboxylic acids is 3. The van der Waals surface area contributed by atoms with Crippen molar-refractivity contribution in [3.8, 4) is 0 Å². The summed E-state index contributed by atoms with van der Waals surface area (Å²) in [6, 6.07) is 16.3. The Balaban J connectivity index is 1.38. The monoisotopic (exact) mass is 425 g/mol. The Morgan fingerprint density at radius 1 is 1.07 bits per heavy atom. The minimum atomic E-state index is -0.181. The van der Waals surface area contributed by atoms with E-state index < -0.39 is 0 Å². The molecule has 3 amide bonds. The molecule has 2 aliphatic rings. The number of halogens is 1. The Kier molecular flexibility index (Phi) is 6.04. The van der Waals surface area contributed by atoms with Crippen molar-refractivity contribution in [1.82, 2.24) is 15.5 Å². The molecule has 6 nitrogen and oxygen atoms in total. The minimum absolute atomic E-state index is 0.0202. The molecule has 156 valence electrons. The normalized spacial score (nSPS) is 23.3. The zero-order valence-corrected chi connectivity index (χ0v) is 17.3. The van der Waals surface area contributed by atoms with Crippen LogP contribution < -0.4 is 10.6 Å². The number of rotatable bonds is 4. The molecular formula is C23H24ClN3O3. The maximum absolute atomic E-state index is 12.8. The predicted molar refractivity (Wildman–Crippen MR) is 114 cm³/mol. The molecule has 0 bridgehead atoms. The van der Waals surface area contributed by atoms with E-state index in [1.54, 1.807) is 29.2 Å². The van der Waals surface area contributed by atoms with E-state index in [4.69, 9.17) is 11.6 Å². The highest BCUT2D eigenvalue weighted by Gasteiger charge is 2.42. The Morgan fingerprint density at radius 2 is 1.80 bits per heavy atom. The number of hydrogen-bond donors (Lipinski definition) is 2. The molecule has 2 aromatic rings. The number of amides is 3. The van der Waals surface area contributed by atoms with Gasteiger partial charge in [-0.25, -0.2) is 0 Å². The van der Waals surface area contributed by atoms with Crippen LogP contribution in [0.4, 0.5) is 0 Å². The highest BCUT2D eigenvalue weighted by molar-refractivity contribution is 6.30. The van der Waals surface area contributed by atoms with Crippen LogP contribution in [0.2, 0.25) is 5.02 Å². The fourth-order valence-electron chi connectivity index (χ4n) is 4.34. The van der Waals surface area contributed by atoms with Gasteiger partial charge >= 0.3 is 0 Å². The molecule has 0 spiro atoms. The molecule has 1 aliphatic heterocycles. The van der Waals surface area contributed by atoms with Gasteiger partial charge in [-0.15, -0.1) is 0 Å². The summed E-state index contributed by atoms with van der Waals surface area (Å²) in [6.07, 6.45) is 1.24. The number of fused-ring (bicyclic) bond motifs is 1. The standard InChI is InChI=1S/C23H24ClN3O3/c24-19-8-6-15(7-9-19)12-25-22(29)17-10-18-13-27(14-21(28)26-20(18)11-17)23(30)16-4-2-1-3-5-16/h1-9,17-18,20H,10-14H2,(H,25,29)(H,26,28)/t17-,18+,20+/m0/s1. The van der Waals surface area contributed by atoms with E-state index in [0.717, 1.165) is 5.56 Å². The van der Waals surface area contributed by atoms with Crippen LogP contribution in [0.3, 0.4) is 0 Å². The van der Waals surface area contributed by atoms with Crippen molar-refractivity contribution in [2.45, 2.75) is 25.4 Å². The van der Waals surface area contributed by atoms with Gasteiger partial charge in [0.2, 0.25) is 11.8 Å². The molecule has 2 fully saturated rings. The summed E-state index contributed by atoms with van der Waals surface area (Å²) in [5, 5.41) is 6.65. The fraction of sp³-hybridized carbons (Fsp3) is 0.348. The summed E-state index contributed by atoms with van der Waals surface area (Å²) in [5.74, 6) is -0.459. The maximum Gasteiger partial charge on any atom is 0.254 e. The molecular weight excluding hydrogens is 402 g/mol. The van der Waals surface area contributed by atoms with Crippen molar-refractivity contribution in [3.63, 3.8) is 0 Å². The first-order valence-corrected chi connectivity index (χ1v) is 10.5. The highest BCUT2D eigenvalue weighted by atomic mass is 35.5. The topological polar surface area (TPSA) is 78.5 Å². The third kappa shape index (κ3) is 4.65. The van der Waals surface area contributed by atoms with Gasteiger partial charge in [-0.3, -0.25) is 14.4 Å². The summed E-state index contributed by atoms with van der Waals surface area (Å²) in [4.78, 5) is 39.5. The molecule has 3 atom stereocenters. The lowest BCUT2D eigenvalue weighted by Gasteiger charge is -2.23. The maximum atomic E-state index is 12.8. The van der Waals surface area contributed by atoms with Crippen molar-refractivity contribution in [3.05, 3.63) is 70.7 Å². The molecule has 4 rings (SSSR count). The van der Waals surface area contributed by atoms with Crippen molar-refractivity contribution >= 4 is 29.3 Å². The second-order valence-electron chi connectivity index (χ2n) is 8.00.